The van der Waals surface area contributed by atoms with Crippen LogP contribution in [0.2, 0.25) is 0 Å². The average molecular weight is 324 g/mol. The molecule has 1 N–H and O–H groups in total. The Kier molecular flexibility index (Phi) is 4.63. The lowest BCUT2D eigenvalue weighted by Gasteiger charge is -2.06. The van der Waals surface area contributed by atoms with Crippen LogP contribution in [-0.4, -0.2) is 21.1 Å². The van der Waals surface area contributed by atoms with Crippen LogP contribution in [0.5, 0.6) is 5.75 Å². The van der Waals surface area contributed by atoms with E-state index in [1.807, 2.05) is 61.5 Å². The highest BCUT2D eigenvalue weighted by atomic mass is 32.1. The molecule has 0 atom stereocenters. The van der Waals surface area contributed by atoms with Crippen molar-refractivity contribution in [1.82, 2.24) is 14.9 Å². The second kappa shape index (κ2) is 7.02. The number of rotatable bonds is 5. The molecular formula is C17H16N4OS. The molecule has 116 valence electrons. The van der Waals surface area contributed by atoms with Crippen molar-refractivity contribution in [2.75, 3.05) is 0 Å². The number of ether oxygens (including phenoxy) is 1. The molecule has 0 radical (unpaired) electrons. The number of aryl methyl sites for hydroxylation is 1. The maximum Gasteiger partial charge on any atom is 0.216 e. The minimum atomic E-state index is 0.474. The Balaban J connectivity index is 1.64. The van der Waals surface area contributed by atoms with Gasteiger partial charge < -0.3 is 4.74 Å². The summed E-state index contributed by atoms with van der Waals surface area (Å²) in [5.41, 5.74) is 2.10. The molecule has 3 rings (SSSR count). The summed E-state index contributed by atoms with van der Waals surface area (Å²) in [5.74, 6) is 1.54. The summed E-state index contributed by atoms with van der Waals surface area (Å²) in [5, 5.41) is 11.0. The number of aromatic nitrogens is 3. The molecule has 0 aliphatic carbocycles. The van der Waals surface area contributed by atoms with Gasteiger partial charge in [-0.15, -0.1) is 0 Å². The summed E-state index contributed by atoms with van der Waals surface area (Å²) in [7, 11) is 0. The van der Waals surface area contributed by atoms with Crippen molar-refractivity contribution in [2.24, 2.45) is 5.10 Å². The van der Waals surface area contributed by atoms with Crippen LogP contribution in [0, 0.1) is 11.7 Å². The first-order valence-corrected chi connectivity index (χ1v) is 7.58. The molecule has 0 aliphatic rings. The lowest BCUT2D eigenvalue weighted by atomic mass is 10.2. The predicted molar refractivity (Wildman–Crippen MR) is 92.4 cm³/mol. The predicted octanol–water partition coefficient (Wildman–Crippen LogP) is 3.71. The highest BCUT2D eigenvalue weighted by molar-refractivity contribution is 7.71. The minimum absolute atomic E-state index is 0.474. The molecule has 0 saturated carbocycles. The third kappa shape index (κ3) is 3.92. The summed E-state index contributed by atoms with van der Waals surface area (Å²) >= 11 is 5.10. The van der Waals surface area contributed by atoms with Gasteiger partial charge in [-0.1, -0.05) is 30.3 Å². The van der Waals surface area contributed by atoms with Crippen molar-refractivity contribution in [3.8, 4) is 5.75 Å². The first kappa shape index (κ1) is 15.2. The molecular weight excluding hydrogens is 308 g/mol. The molecule has 0 spiro atoms. The Hall–Kier alpha value is -2.73. The molecule has 0 fully saturated rings. The van der Waals surface area contributed by atoms with E-state index in [9.17, 15) is 0 Å². The summed E-state index contributed by atoms with van der Waals surface area (Å²) in [6.45, 7) is 2.39. The van der Waals surface area contributed by atoms with Gasteiger partial charge in [-0.3, -0.25) is 5.10 Å². The zero-order valence-electron chi connectivity index (χ0n) is 12.6. The molecule has 0 amide bonds. The van der Waals surface area contributed by atoms with E-state index >= 15 is 0 Å². The number of hydrogen-bond donors (Lipinski definition) is 1. The molecule has 0 aliphatic heterocycles. The van der Waals surface area contributed by atoms with E-state index in [1.54, 1.807) is 10.9 Å². The van der Waals surface area contributed by atoms with E-state index in [4.69, 9.17) is 17.0 Å². The maximum atomic E-state index is 5.75. The van der Waals surface area contributed by atoms with Crippen LogP contribution in [0.15, 0.2) is 59.7 Å². The normalized spacial score (nSPS) is 11.0. The molecule has 0 saturated heterocycles. The van der Waals surface area contributed by atoms with E-state index in [1.165, 1.54) is 0 Å². The largest absolute Gasteiger partial charge is 0.489 e. The second-order valence-electron chi connectivity index (χ2n) is 4.98. The Labute approximate surface area is 139 Å². The smallest absolute Gasteiger partial charge is 0.216 e. The Morgan fingerprint density at radius 3 is 2.57 bits per heavy atom. The molecule has 1 heterocycles. The number of aromatic amines is 1. The number of nitrogens with one attached hydrogen (secondary N) is 1. The van der Waals surface area contributed by atoms with Crippen LogP contribution in [0.4, 0.5) is 0 Å². The minimum Gasteiger partial charge on any atom is -0.489 e. The van der Waals surface area contributed by atoms with Crippen LogP contribution in [0.3, 0.4) is 0 Å². The van der Waals surface area contributed by atoms with Crippen molar-refractivity contribution >= 4 is 18.4 Å². The van der Waals surface area contributed by atoms with Gasteiger partial charge in [-0.05, 0) is 54.5 Å². The van der Waals surface area contributed by atoms with Gasteiger partial charge in [-0.25, -0.2) is 0 Å². The third-order valence-corrected chi connectivity index (χ3v) is 3.53. The van der Waals surface area contributed by atoms with Crippen LogP contribution in [-0.2, 0) is 6.61 Å². The summed E-state index contributed by atoms with van der Waals surface area (Å²) in [6, 6.07) is 17.8. The quantitative estimate of drug-likeness (QED) is 0.575. The highest BCUT2D eigenvalue weighted by Gasteiger charge is 1.98. The number of benzene rings is 2. The van der Waals surface area contributed by atoms with Crippen molar-refractivity contribution in [3.05, 3.63) is 76.3 Å². The van der Waals surface area contributed by atoms with Gasteiger partial charge in [0.1, 0.15) is 18.2 Å². The molecule has 23 heavy (non-hydrogen) atoms. The molecule has 3 aromatic rings. The first-order chi connectivity index (χ1) is 11.2. The van der Waals surface area contributed by atoms with Gasteiger partial charge in [0, 0.05) is 0 Å². The van der Waals surface area contributed by atoms with Crippen LogP contribution in [0.1, 0.15) is 17.0 Å². The third-order valence-electron chi connectivity index (χ3n) is 3.26. The van der Waals surface area contributed by atoms with Crippen LogP contribution < -0.4 is 4.74 Å². The van der Waals surface area contributed by atoms with E-state index in [-0.39, 0.29) is 0 Å². The van der Waals surface area contributed by atoms with Crippen LogP contribution in [0.25, 0.3) is 0 Å². The lowest BCUT2D eigenvalue weighted by Crippen LogP contribution is -1.96. The molecule has 0 bridgehead atoms. The standard InChI is InChI=1S/C17H16N4OS/c1-13-19-20-17(23)21(13)18-11-14-7-9-16(10-8-14)22-12-15-5-3-2-4-6-15/h2-11H,12H2,1H3,(H,20,23)/b18-11-. The average Bonchev–Trinajstić information content (AvgIpc) is 2.91. The summed E-state index contributed by atoms with van der Waals surface area (Å²) in [6.07, 6.45) is 1.74. The highest BCUT2D eigenvalue weighted by Crippen LogP contribution is 2.13. The van der Waals surface area contributed by atoms with Gasteiger partial charge in [0.05, 0.1) is 6.21 Å². The Morgan fingerprint density at radius 1 is 1.17 bits per heavy atom. The van der Waals surface area contributed by atoms with E-state index in [0.29, 0.717) is 17.2 Å². The van der Waals surface area contributed by atoms with Crippen molar-refractivity contribution in [1.29, 1.82) is 0 Å². The Bertz CT molecular complexity index is 850. The summed E-state index contributed by atoms with van der Waals surface area (Å²) < 4.78 is 7.81. The van der Waals surface area contributed by atoms with Gasteiger partial charge in [0.2, 0.25) is 4.77 Å². The van der Waals surface area contributed by atoms with Gasteiger partial charge in [0.25, 0.3) is 0 Å². The van der Waals surface area contributed by atoms with E-state index in [0.717, 1.165) is 16.9 Å². The van der Waals surface area contributed by atoms with Crippen molar-refractivity contribution in [3.63, 3.8) is 0 Å². The molecule has 0 unspecified atom stereocenters. The lowest BCUT2D eigenvalue weighted by molar-refractivity contribution is 0.306. The summed E-state index contributed by atoms with van der Waals surface area (Å²) in [4.78, 5) is 0. The fraction of sp³-hybridized carbons (Fsp3) is 0.118. The molecule has 1 aromatic heterocycles. The van der Waals surface area contributed by atoms with Gasteiger partial charge in [0.15, 0.2) is 0 Å². The fourth-order valence-corrected chi connectivity index (χ4v) is 2.25. The van der Waals surface area contributed by atoms with E-state index in [2.05, 4.69) is 15.3 Å². The maximum absolute atomic E-state index is 5.75. The number of hydrogen-bond acceptors (Lipinski definition) is 4. The van der Waals surface area contributed by atoms with E-state index < -0.39 is 0 Å². The topological polar surface area (TPSA) is 55.2 Å². The molecule has 6 heteroatoms. The van der Waals surface area contributed by atoms with Crippen LogP contribution >= 0.6 is 12.2 Å². The first-order valence-electron chi connectivity index (χ1n) is 7.17. The SMILES string of the molecule is Cc1n[nH]c(=S)n1/N=C\c1ccc(OCc2ccccc2)cc1. The zero-order chi connectivity index (χ0) is 16.1. The van der Waals surface area contributed by atoms with Crippen molar-refractivity contribution in [2.45, 2.75) is 13.5 Å². The van der Waals surface area contributed by atoms with Crippen molar-refractivity contribution < 1.29 is 4.74 Å². The van der Waals surface area contributed by atoms with Gasteiger partial charge >= 0.3 is 0 Å². The Morgan fingerprint density at radius 2 is 1.91 bits per heavy atom. The monoisotopic (exact) mass is 324 g/mol. The molecule has 2 aromatic carbocycles. The molecule has 5 nitrogen and oxygen atoms in total. The fourth-order valence-electron chi connectivity index (χ4n) is 2.02. The van der Waals surface area contributed by atoms with Gasteiger partial charge in [-0.2, -0.15) is 14.9 Å². The number of H-pyrrole nitrogens is 1. The number of nitrogens with zero attached hydrogens (tertiary/aromatic N) is 3. The zero-order valence-corrected chi connectivity index (χ0v) is 13.5. The second-order valence-corrected chi connectivity index (χ2v) is 5.36.